The molecule has 4 heteroatoms. The highest BCUT2D eigenvalue weighted by Crippen LogP contribution is 2.27. The molecule has 27 heavy (non-hydrogen) atoms. The first kappa shape index (κ1) is 18.8. The highest BCUT2D eigenvalue weighted by Gasteiger charge is 2.11. The monoisotopic (exact) mass is 362 g/mol. The summed E-state index contributed by atoms with van der Waals surface area (Å²) in [4.78, 5) is 12.3. The first-order chi connectivity index (χ1) is 12.8. The largest absolute Gasteiger partial charge is 0.508 e. The molecule has 0 bridgehead atoms. The average molecular weight is 362 g/mol. The summed E-state index contributed by atoms with van der Waals surface area (Å²) in [7, 11) is 0. The van der Waals surface area contributed by atoms with Crippen LogP contribution >= 0.6 is 0 Å². The van der Waals surface area contributed by atoms with E-state index in [4.69, 9.17) is 0 Å². The van der Waals surface area contributed by atoms with Crippen LogP contribution in [-0.4, -0.2) is 11.1 Å². The van der Waals surface area contributed by atoms with Gasteiger partial charge in [0.2, 0.25) is 0 Å². The van der Waals surface area contributed by atoms with Crippen LogP contribution in [0.1, 0.15) is 31.9 Å². The number of fused-ring (bicyclic) bond motifs is 1. The van der Waals surface area contributed by atoms with Crippen molar-refractivity contribution in [3.05, 3.63) is 71.8 Å². The lowest BCUT2D eigenvalue weighted by Gasteiger charge is -2.18. The molecule has 0 heterocycles. The smallest absolute Gasteiger partial charge is 0.319 e. The fraction of sp³-hybridized carbons (Fsp3) is 0.261. The predicted molar refractivity (Wildman–Crippen MR) is 111 cm³/mol. The van der Waals surface area contributed by atoms with Gasteiger partial charge in [0.15, 0.2) is 0 Å². The van der Waals surface area contributed by atoms with Crippen molar-refractivity contribution < 1.29 is 9.90 Å². The molecule has 0 unspecified atom stereocenters. The minimum Gasteiger partial charge on any atom is -0.508 e. The standard InChI is InChI=1S/C23H26N2O2/c1-23(2,3)14-16-7-9-17(10-8-16)15-24-22(27)25-21-6-4-5-18-11-12-19(26)13-20(18)21/h4-13,26H,14-15H2,1-3H3,(H2,24,25,27). The van der Waals surface area contributed by atoms with E-state index in [2.05, 4.69) is 55.7 Å². The summed E-state index contributed by atoms with van der Waals surface area (Å²) in [5, 5.41) is 17.2. The fourth-order valence-corrected chi connectivity index (χ4v) is 3.11. The van der Waals surface area contributed by atoms with Gasteiger partial charge in [-0.1, -0.05) is 63.2 Å². The maximum Gasteiger partial charge on any atom is 0.319 e. The summed E-state index contributed by atoms with van der Waals surface area (Å²) >= 11 is 0. The molecule has 0 atom stereocenters. The van der Waals surface area contributed by atoms with Gasteiger partial charge in [0, 0.05) is 11.9 Å². The van der Waals surface area contributed by atoms with Crippen molar-refractivity contribution >= 4 is 22.5 Å². The van der Waals surface area contributed by atoms with Crippen LogP contribution in [0, 0.1) is 5.41 Å². The van der Waals surface area contributed by atoms with Crippen LogP contribution in [0.2, 0.25) is 0 Å². The molecule has 0 radical (unpaired) electrons. The van der Waals surface area contributed by atoms with Crippen LogP contribution in [0.25, 0.3) is 10.8 Å². The molecule has 0 aliphatic carbocycles. The number of carbonyl (C=O) groups is 1. The van der Waals surface area contributed by atoms with Gasteiger partial charge in [0.25, 0.3) is 0 Å². The van der Waals surface area contributed by atoms with Crippen molar-refractivity contribution in [3.8, 4) is 5.75 Å². The van der Waals surface area contributed by atoms with Gasteiger partial charge in [-0.15, -0.1) is 0 Å². The van der Waals surface area contributed by atoms with E-state index >= 15 is 0 Å². The highest BCUT2D eigenvalue weighted by atomic mass is 16.3. The third kappa shape index (κ3) is 5.23. The van der Waals surface area contributed by atoms with Crippen LogP contribution in [-0.2, 0) is 13.0 Å². The number of hydrogen-bond donors (Lipinski definition) is 3. The second-order valence-corrected chi connectivity index (χ2v) is 8.07. The van der Waals surface area contributed by atoms with Crippen molar-refractivity contribution in [3.63, 3.8) is 0 Å². The van der Waals surface area contributed by atoms with Crippen LogP contribution in [0.15, 0.2) is 60.7 Å². The minimum atomic E-state index is -0.274. The zero-order valence-electron chi connectivity index (χ0n) is 16.0. The Morgan fingerprint density at radius 1 is 0.963 bits per heavy atom. The Balaban J connectivity index is 1.61. The molecule has 0 aliphatic heterocycles. The number of rotatable bonds is 4. The fourth-order valence-electron chi connectivity index (χ4n) is 3.11. The normalized spacial score (nSPS) is 11.4. The summed E-state index contributed by atoms with van der Waals surface area (Å²) in [6, 6.07) is 18.8. The van der Waals surface area contributed by atoms with Gasteiger partial charge in [-0.3, -0.25) is 0 Å². The van der Waals surface area contributed by atoms with Crippen LogP contribution in [0.3, 0.4) is 0 Å². The van der Waals surface area contributed by atoms with E-state index in [0.29, 0.717) is 12.2 Å². The van der Waals surface area contributed by atoms with Gasteiger partial charge in [-0.25, -0.2) is 4.79 Å². The minimum absolute atomic E-state index is 0.174. The lowest BCUT2D eigenvalue weighted by atomic mass is 9.88. The number of nitrogens with one attached hydrogen (secondary N) is 2. The molecule has 4 nitrogen and oxygen atoms in total. The maximum atomic E-state index is 12.3. The van der Waals surface area contributed by atoms with Gasteiger partial charge in [0.05, 0.1) is 5.69 Å². The molecule has 2 amide bonds. The van der Waals surface area contributed by atoms with Gasteiger partial charge >= 0.3 is 6.03 Å². The summed E-state index contributed by atoms with van der Waals surface area (Å²) in [6.07, 6.45) is 1.02. The Morgan fingerprint density at radius 2 is 1.67 bits per heavy atom. The van der Waals surface area contributed by atoms with E-state index in [9.17, 15) is 9.90 Å². The third-order valence-corrected chi connectivity index (χ3v) is 4.32. The molecular weight excluding hydrogens is 336 g/mol. The molecule has 3 rings (SSSR count). The first-order valence-electron chi connectivity index (χ1n) is 9.15. The Kier molecular flexibility index (Phi) is 5.36. The Bertz CT molecular complexity index is 941. The Morgan fingerprint density at radius 3 is 2.37 bits per heavy atom. The van der Waals surface area contributed by atoms with E-state index < -0.39 is 0 Å². The summed E-state index contributed by atoms with van der Waals surface area (Å²) in [5.41, 5.74) is 3.28. The van der Waals surface area contributed by atoms with E-state index in [0.717, 1.165) is 22.8 Å². The second kappa shape index (κ2) is 7.70. The van der Waals surface area contributed by atoms with Crippen molar-refractivity contribution in [2.24, 2.45) is 5.41 Å². The molecule has 3 aromatic carbocycles. The lowest BCUT2D eigenvalue weighted by Crippen LogP contribution is -2.28. The van der Waals surface area contributed by atoms with Crippen LogP contribution in [0.5, 0.6) is 5.75 Å². The molecule has 0 aliphatic rings. The van der Waals surface area contributed by atoms with Crippen molar-refractivity contribution in [1.29, 1.82) is 0 Å². The van der Waals surface area contributed by atoms with E-state index in [-0.39, 0.29) is 17.2 Å². The summed E-state index contributed by atoms with van der Waals surface area (Å²) in [5.74, 6) is 0.174. The van der Waals surface area contributed by atoms with Crippen molar-refractivity contribution in [2.45, 2.75) is 33.7 Å². The van der Waals surface area contributed by atoms with E-state index in [1.165, 1.54) is 5.56 Å². The number of phenolic OH excluding ortho intramolecular Hbond substituents is 1. The number of urea groups is 1. The third-order valence-electron chi connectivity index (χ3n) is 4.32. The van der Waals surface area contributed by atoms with E-state index in [1.54, 1.807) is 12.1 Å². The topological polar surface area (TPSA) is 61.4 Å². The SMILES string of the molecule is CC(C)(C)Cc1ccc(CNC(=O)Nc2cccc3ccc(O)cc23)cc1. The number of hydrogen-bond acceptors (Lipinski definition) is 2. The van der Waals surface area contributed by atoms with Gasteiger partial charge < -0.3 is 15.7 Å². The Hall–Kier alpha value is -3.01. The van der Waals surface area contributed by atoms with E-state index in [1.807, 2.05) is 24.3 Å². The zero-order valence-corrected chi connectivity index (χ0v) is 16.0. The van der Waals surface area contributed by atoms with Crippen molar-refractivity contribution in [1.82, 2.24) is 5.32 Å². The molecule has 0 fully saturated rings. The molecular formula is C23H26N2O2. The maximum absolute atomic E-state index is 12.3. The Labute approximate surface area is 160 Å². The van der Waals surface area contributed by atoms with Gasteiger partial charge in [-0.05, 0) is 46.5 Å². The molecule has 0 aromatic heterocycles. The summed E-state index contributed by atoms with van der Waals surface area (Å²) in [6.45, 7) is 7.12. The lowest BCUT2D eigenvalue weighted by molar-refractivity contribution is 0.252. The molecule has 140 valence electrons. The molecule has 0 saturated carbocycles. The quantitative estimate of drug-likeness (QED) is 0.577. The number of anilines is 1. The average Bonchev–Trinajstić information content (AvgIpc) is 2.60. The molecule has 3 N–H and O–H groups in total. The second-order valence-electron chi connectivity index (χ2n) is 8.07. The summed E-state index contributed by atoms with van der Waals surface area (Å²) < 4.78 is 0. The number of phenols is 1. The number of benzene rings is 3. The molecule has 0 saturated heterocycles. The highest BCUT2D eigenvalue weighted by molar-refractivity contribution is 6.02. The molecule has 3 aromatic rings. The van der Waals surface area contributed by atoms with Crippen LogP contribution < -0.4 is 10.6 Å². The first-order valence-corrected chi connectivity index (χ1v) is 9.15. The van der Waals surface area contributed by atoms with Gasteiger partial charge in [-0.2, -0.15) is 0 Å². The van der Waals surface area contributed by atoms with Gasteiger partial charge in [0.1, 0.15) is 5.75 Å². The number of carbonyl (C=O) groups excluding carboxylic acids is 1. The van der Waals surface area contributed by atoms with Crippen molar-refractivity contribution in [2.75, 3.05) is 5.32 Å². The predicted octanol–water partition coefficient (Wildman–Crippen LogP) is 5.46. The zero-order chi connectivity index (χ0) is 19.4. The number of amides is 2. The molecule has 0 spiro atoms. The number of aromatic hydroxyl groups is 1. The van der Waals surface area contributed by atoms with Crippen LogP contribution in [0.4, 0.5) is 10.5 Å².